The SMILES string of the molecule is COc1ccc(C)cc1NC(=O)COC(=O)c1ccccc1C(=O)c1ccc(Cl)cc1. The van der Waals surface area contributed by atoms with E-state index in [9.17, 15) is 14.4 Å². The van der Waals surface area contributed by atoms with E-state index in [1.165, 1.54) is 19.2 Å². The Morgan fingerprint density at radius 3 is 2.29 bits per heavy atom. The highest BCUT2D eigenvalue weighted by Gasteiger charge is 2.20. The van der Waals surface area contributed by atoms with Crippen molar-refractivity contribution in [2.75, 3.05) is 19.0 Å². The Labute approximate surface area is 184 Å². The van der Waals surface area contributed by atoms with Crippen LogP contribution in [-0.2, 0) is 9.53 Å². The molecule has 0 fully saturated rings. The van der Waals surface area contributed by atoms with Gasteiger partial charge in [-0.2, -0.15) is 0 Å². The molecular weight excluding hydrogens is 418 g/mol. The summed E-state index contributed by atoms with van der Waals surface area (Å²) < 4.78 is 10.4. The quantitative estimate of drug-likeness (QED) is 0.428. The number of nitrogens with one attached hydrogen (secondary N) is 1. The largest absolute Gasteiger partial charge is 0.495 e. The molecular formula is C24H20ClNO5. The van der Waals surface area contributed by atoms with E-state index in [4.69, 9.17) is 21.1 Å². The third-order valence-electron chi connectivity index (χ3n) is 4.46. The van der Waals surface area contributed by atoms with Crippen LogP contribution in [0.2, 0.25) is 5.02 Å². The number of hydrogen-bond donors (Lipinski definition) is 1. The lowest BCUT2D eigenvalue weighted by atomic mass is 9.98. The predicted molar refractivity (Wildman–Crippen MR) is 118 cm³/mol. The van der Waals surface area contributed by atoms with Gasteiger partial charge in [-0.3, -0.25) is 9.59 Å². The molecule has 0 spiro atoms. The number of esters is 1. The molecule has 0 saturated carbocycles. The summed E-state index contributed by atoms with van der Waals surface area (Å²) in [7, 11) is 1.50. The van der Waals surface area contributed by atoms with Crippen LogP contribution in [0.25, 0.3) is 0 Å². The van der Waals surface area contributed by atoms with Gasteiger partial charge < -0.3 is 14.8 Å². The second-order valence-electron chi connectivity index (χ2n) is 6.71. The Balaban J connectivity index is 1.70. The fraction of sp³-hybridized carbons (Fsp3) is 0.125. The van der Waals surface area contributed by atoms with Crippen LogP contribution >= 0.6 is 11.6 Å². The number of carbonyl (C=O) groups excluding carboxylic acids is 3. The zero-order chi connectivity index (χ0) is 22.4. The Bertz CT molecular complexity index is 1130. The Kier molecular flexibility index (Phi) is 7.05. The lowest BCUT2D eigenvalue weighted by Gasteiger charge is -2.12. The summed E-state index contributed by atoms with van der Waals surface area (Å²) in [4.78, 5) is 37.7. The van der Waals surface area contributed by atoms with Crippen molar-refractivity contribution in [3.63, 3.8) is 0 Å². The first kappa shape index (κ1) is 22.1. The highest BCUT2D eigenvalue weighted by molar-refractivity contribution is 6.30. The number of amides is 1. The average Bonchev–Trinajstić information content (AvgIpc) is 2.77. The fourth-order valence-electron chi connectivity index (χ4n) is 2.93. The topological polar surface area (TPSA) is 81.7 Å². The molecule has 0 atom stereocenters. The smallest absolute Gasteiger partial charge is 0.339 e. The van der Waals surface area contributed by atoms with E-state index >= 15 is 0 Å². The van der Waals surface area contributed by atoms with Crippen LogP contribution in [0.3, 0.4) is 0 Å². The number of ketones is 1. The molecule has 1 N–H and O–H groups in total. The number of methoxy groups -OCH3 is 1. The summed E-state index contributed by atoms with van der Waals surface area (Å²) >= 11 is 5.87. The van der Waals surface area contributed by atoms with Gasteiger partial charge in [-0.25, -0.2) is 4.79 Å². The number of ether oxygens (including phenoxy) is 2. The van der Waals surface area contributed by atoms with Crippen molar-refractivity contribution in [1.29, 1.82) is 0 Å². The average molecular weight is 438 g/mol. The highest BCUT2D eigenvalue weighted by Crippen LogP contribution is 2.25. The molecule has 0 radical (unpaired) electrons. The van der Waals surface area contributed by atoms with Gasteiger partial charge in [-0.15, -0.1) is 0 Å². The van der Waals surface area contributed by atoms with Crippen LogP contribution in [0.4, 0.5) is 5.69 Å². The molecule has 6 nitrogen and oxygen atoms in total. The number of halogens is 1. The first-order valence-corrected chi connectivity index (χ1v) is 9.77. The Hall–Kier alpha value is -3.64. The lowest BCUT2D eigenvalue weighted by Crippen LogP contribution is -2.22. The maximum absolute atomic E-state index is 12.8. The number of rotatable bonds is 7. The molecule has 0 aromatic heterocycles. The third-order valence-corrected chi connectivity index (χ3v) is 4.71. The maximum Gasteiger partial charge on any atom is 0.339 e. The van der Waals surface area contributed by atoms with E-state index < -0.39 is 18.5 Å². The molecule has 1 amide bonds. The van der Waals surface area contributed by atoms with Crippen molar-refractivity contribution < 1.29 is 23.9 Å². The van der Waals surface area contributed by atoms with Crippen molar-refractivity contribution in [3.8, 4) is 5.75 Å². The number of carbonyl (C=O) groups is 3. The molecule has 158 valence electrons. The number of hydrogen-bond acceptors (Lipinski definition) is 5. The minimum absolute atomic E-state index is 0.0726. The van der Waals surface area contributed by atoms with Gasteiger partial charge in [-0.1, -0.05) is 35.9 Å². The van der Waals surface area contributed by atoms with Crippen molar-refractivity contribution in [2.24, 2.45) is 0 Å². The predicted octanol–water partition coefficient (Wildman–Crippen LogP) is 4.68. The van der Waals surface area contributed by atoms with Gasteiger partial charge in [0.2, 0.25) is 0 Å². The molecule has 0 heterocycles. The summed E-state index contributed by atoms with van der Waals surface area (Å²) in [6.45, 7) is 1.36. The zero-order valence-corrected chi connectivity index (χ0v) is 17.7. The van der Waals surface area contributed by atoms with E-state index in [1.54, 1.807) is 48.5 Å². The third kappa shape index (κ3) is 5.49. The molecule has 0 aliphatic heterocycles. The normalized spacial score (nSPS) is 10.3. The molecule has 3 aromatic rings. The molecule has 0 saturated heterocycles. The van der Waals surface area contributed by atoms with Crippen molar-refractivity contribution in [1.82, 2.24) is 0 Å². The monoisotopic (exact) mass is 437 g/mol. The molecule has 0 bridgehead atoms. The van der Waals surface area contributed by atoms with Gasteiger partial charge in [-0.05, 0) is 55.0 Å². The summed E-state index contributed by atoms with van der Waals surface area (Å²) in [5.41, 5.74) is 2.04. The first-order chi connectivity index (χ1) is 14.9. The Morgan fingerprint density at radius 2 is 1.61 bits per heavy atom. The van der Waals surface area contributed by atoms with Gasteiger partial charge in [0.15, 0.2) is 12.4 Å². The Morgan fingerprint density at radius 1 is 0.935 bits per heavy atom. The van der Waals surface area contributed by atoms with Crippen LogP contribution < -0.4 is 10.1 Å². The molecule has 7 heteroatoms. The van der Waals surface area contributed by atoms with Crippen LogP contribution in [0.5, 0.6) is 5.75 Å². The number of anilines is 1. The number of aryl methyl sites for hydroxylation is 1. The van der Waals surface area contributed by atoms with Crippen LogP contribution in [0.1, 0.15) is 31.8 Å². The highest BCUT2D eigenvalue weighted by atomic mass is 35.5. The van der Waals surface area contributed by atoms with E-state index in [1.807, 2.05) is 13.0 Å². The van der Waals surface area contributed by atoms with E-state index in [2.05, 4.69) is 5.32 Å². The number of benzene rings is 3. The summed E-state index contributed by atoms with van der Waals surface area (Å²) in [6, 6.07) is 18.0. The maximum atomic E-state index is 12.8. The summed E-state index contributed by atoms with van der Waals surface area (Å²) in [5.74, 6) is -1.16. The van der Waals surface area contributed by atoms with Crippen LogP contribution in [0.15, 0.2) is 66.7 Å². The second kappa shape index (κ2) is 9.91. The first-order valence-electron chi connectivity index (χ1n) is 9.40. The zero-order valence-electron chi connectivity index (χ0n) is 17.0. The second-order valence-corrected chi connectivity index (χ2v) is 7.15. The molecule has 3 rings (SSSR count). The van der Waals surface area contributed by atoms with Gasteiger partial charge in [0.1, 0.15) is 5.75 Å². The molecule has 3 aromatic carbocycles. The summed E-state index contributed by atoms with van der Waals surface area (Å²) in [6.07, 6.45) is 0. The van der Waals surface area contributed by atoms with Crippen molar-refractivity contribution >= 4 is 34.9 Å². The molecule has 0 aliphatic rings. The lowest BCUT2D eigenvalue weighted by molar-refractivity contribution is -0.119. The van der Waals surface area contributed by atoms with Crippen molar-refractivity contribution in [3.05, 3.63) is 94.0 Å². The fourth-order valence-corrected chi connectivity index (χ4v) is 3.06. The van der Waals surface area contributed by atoms with Gasteiger partial charge >= 0.3 is 5.97 Å². The molecule has 0 unspecified atom stereocenters. The van der Waals surface area contributed by atoms with E-state index in [0.717, 1.165) is 5.56 Å². The van der Waals surface area contributed by atoms with Crippen LogP contribution in [-0.4, -0.2) is 31.4 Å². The molecule has 0 aliphatic carbocycles. The standard InChI is InChI=1S/C24H20ClNO5/c1-15-7-12-21(30-2)20(13-15)26-22(27)14-31-24(29)19-6-4-3-5-18(19)23(28)16-8-10-17(25)11-9-16/h3-13H,14H2,1-2H3,(H,26,27). The van der Waals surface area contributed by atoms with E-state index in [-0.39, 0.29) is 16.9 Å². The van der Waals surface area contributed by atoms with Crippen LogP contribution in [0, 0.1) is 6.92 Å². The van der Waals surface area contributed by atoms with Gasteiger partial charge in [0.05, 0.1) is 18.4 Å². The summed E-state index contributed by atoms with van der Waals surface area (Å²) in [5, 5.41) is 3.16. The minimum Gasteiger partial charge on any atom is -0.495 e. The minimum atomic E-state index is -0.774. The van der Waals surface area contributed by atoms with Crippen molar-refractivity contribution in [2.45, 2.75) is 6.92 Å². The molecule has 31 heavy (non-hydrogen) atoms. The van der Waals surface area contributed by atoms with Gasteiger partial charge in [0, 0.05) is 16.1 Å². The van der Waals surface area contributed by atoms with E-state index in [0.29, 0.717) is 22.0 Å². The van der Waals surface area contributed by atoms with Gasteiger partial charge in [0.25, 0.3) is 5.91 Å².